The number of aromatic nitrogens is 2. The molecular formula is C12H8FN3O3. The van der Waals surface area contributed by atoms with E-state index in [9.17, 15) is 14.0 Å². The highest BCUT2D eigenvalue weighted by atomic mass is 19.1. The van der Waals surface area contributed by atoms with Gasteiger partial charge in [0.05, 0.1) is 23.0 Å². The molecule has 1 amide bonds. The number of carbonyl (C=O) groups is 2. The standard InChI is InChI=1S/C12H8FN3O3/c13-10-2-1-7(5-15-10)11(17)16-9-3-8(12(18)19)4-14-6-9/h1-6H,(H,16,17)(H,18,19). The fourth-order valence-electron chi connectivity index (χ4n) is 1.34. The van der Waals surface area contributed by atoms with Gasteiger partial charge in [0.1, 0.15) is 0 Å². The number of carbonyl (C=O) groups excluding carboxylic acids is 1. The monoisotopic (exact) mass is 261 g/mol. The summed E-state index contributed by atoms with van der Waals surface area (Å²) in [6.45, 7) is 0. The van der Waals surface area contributed by atoms with E-state index < -0.39 is 17.8 Å². The van der Waals surface area contributed by atoms with Crippen LogP contribution in [-0.2, 0) is 0 Å². The van der Waals surface area contributed by atoms with E-state index in [2.05, 4.69) is 15.3 Å². The van der Waals surface area contributed by atoms with E-state index in [0.29, 0.717) is 0 Å². The lowest BCUT2D eigenvalue weighted by atomic mass is 10.2. The van der Waals surface area contributed by atoms with Crippen LogP contribution in [-0.4, -0.2) is 27.0 Å². The van der Waals surface area contributed by atoms with E-state index in [4.69, 9.17) is 5.11 Å². The Morgan fingerprint density at radius 2 is 1.95 bits per heavy atom. The Kier molecular flexibility index (Phi) is 3.46. The Hall–Kier alpha value is -2.83. The minimum absolute atomic E-state index is 0.0463. The molecule has 0 radical (unpaired) electrons. The second-order valence-electron chi connectivity index (χ2n) is 3.59. The van der Waals surface area contributed by atoms with Crippen molar-refractivity contribution in [2.45, 2.75) is 0 Å². The minimum Gasteiger partial charge on any atom is -0.478 e. The van der Waals surface area contributed by atoms with Crippen LogP contribution in [0.1, 0.15) is 20.7 Å². The van der Waals surface area contributed by atoms with Crippen molar-refractivity contribution in [3.05, 3.63) is 53.9 Å². The Morgan fingerprint density at radius 1 is 1.16 bits per heavy atom. The Morgan fingerprint density at radius 3 is 2.58 bits per heavy atom. The zero-order valence-electron chi connectivity index (χ0n) is 9.50. The summed E-state index contributed by atoms with van der Waals surface area (Å²) < 4.78 is 12.6. The number of hydrogen-bond donors (Lipinski definition) is 2. The zero-order chi connectivity index (χ0) is 13.8. The molecule has 0 aromatic carbocycles. The van der Waals surface area contributed by atoms with E-state index in [1.807, 2.05) is 0 Å². The number of halogens is 1. The van der Waals surface area contributed by atoms with Crippen LogP contribution >= 0.6 is 0 Å². The maximum absolute atomic E-state index is 12.6. The molecule has 0 saturated carbocycles. The van der Waals surface area contributed by atoms with Crippen LogP contribution in [0.15, 0.2) is 36.8 Å². The molecule has 0 atom stereocenters. The van der Waals surface area contributed by atoms with Crippen LogP contribution in [0, 0.1) is 5.95 Å². The fourth-order valence-corrected chi connectivity index (χ4v) is 1.34. The molecule has 2 rings (SSSR count). The Labute approximate surface area is 106 Å². The van der Waals surface area contributed by atoms with Gasteiger partial charge in [0.25, 0.3) is 5.91 Å². The van der Waals surface area contributed by atoms with E-state index in [1.54, 1.807) is 0 Å². The molecule has 6 nitrogen and oxygen atoms in total. The summed E-state index contributed by atoms with van der Waals surface area (Å²) in [7, 11) is 0. The molecule has 0 unspecified atom stereocenters. The highest BCUT2D eigenvalue weighted by molar-refractivity contribution is 6.04. The van der Waals surface area contributed by atoms with Crippen molar-refractivity contribution in [3.8, 4) is 0 Å². The van der Waals surface area contributed by atoms with Crippen LogP contribution < -0.4 is 5.32 Å². The molecule has 0 bridgehead atoms. The number of amides is 1. The molecule has 2 aromatic rings. The number of anilines is 1. The summed E-state index contributed by atoms with van der Waals surface area (Å²) in [6.07, 6.45) is 3.55. The van der Waals surface area contributed by atoms with Gasteiger partial charge in [0, 0.05) is 12.4 Å². The fraction of sp³-hybridized carbons (Fsp3) is 0. The lowest BCUT2D eigenvalue weighted by Crippen LogP contribution is -2.13. The molecular weight excluding hydrogens is 253 g/mol. The average Bonchev–Trinajstić information content (AvgIpc) is 2.39. The quantitative estimate of drug-likeness (QED) is 0.818. The van der Waals surface area contributed by atoms with Gasteiger partial charge in [-0.25, -0.2) is 9.78 Å². The van der Waals surface area contributed by atoms with Gasteiger partial charge in [-0.2, -0.15) is 4.39 Å². The molecule has 0 aliphatic rings. The van der Waals surface area contributed by atoms with Crippen molar-refractivity contribution >= 4 is 17.6 Å². The molecule has 96 valence electrons. The number of carboxylic acid groups (broad SMARTS) is 1. The molecule has 2 heterocycles. The van der Waals surface area contributed by atoms with Crippen molar-refractivity contribution in [3.63, 3.8) is 0 Å². The van der Waals surface area contributed by atoms with Crippen molar-refractivity contribution in [1.29, 1.82) is 0 Å². The third-order valence-electron chi connectivity index (χ3n) is 2.23. The predicted octanol–water partition coefficient (Wildman–Crippen LogP) is 1.57. The first kappa shape index (κ1) is 12.6. The average molecular weight is 261 g/mol. The second-order valence-corrected chi connectivity index (χ2v) is 3.59. The molecule has 19 heavy (non-hydrogen) atoms. The van der Waals surface area contributed by atoms with Gasteiger partial charge in [-0.05, 0) is 18.2 Å². The number of pyridine rings is 2. The molecule has 2 N–H and O–H groups in total. The number of rotatable bonds is 3. The third kappa shape index (κ3) is 3.09. The van der Waals surface area contributed by atoms with Crippen molar-refractivity contribution in [2.24, 2.45) is 0 Å². The van der Waals surface area contributed by atoms with Gasteiger partial charge in [0.15, 0.2) is 0 Å². The minimum atomic E-state index is -1.15. The van der Waals surface area contributed by atoms with Gasteiger partial charge in [-0.15, -0.1) is 0 Å². The molecule has 2 aromatic heterocycles. The van der Waals surface area contributed by atoms with Gasteiger partial charge < -0.3 is 10.4 Å². The number of nitrogens with zero attached hydrogens (tertiary/aromatic N) is 2. The molecule has 0 spiro atoms. The first-order valence-electron chi connectivity index (χ1n) is 5.17. The summed E-state index contributed by atoms with van der Waals surface area (Å²) in [6, 6.07) is 3.59. The second kappa shape index (κ2) is 5.21. The number of nitrogens with one attached hydrogen (secondary N) is 1. The topological polar surface area (TPSA) is 92.2 Å². The highest BCUT2D eigenvalue weighted by Gasteiger charge is 2.09. The predicted molar refractivity (Wildman–Crippen MR) is 63.3 cm³/mol. The molecule has 0 fully saturated rings. The van der Waals surface area contributed by atoms with Gasteiger partial charge in [-0.3, -0.25) is 9.78 Å². The largest absolute Gasteiger partial charge is 0.478 e. The third-order valence-corrected chi connectivity index (χ3v) is 2.23. The van der Waals surface area contributed by atoms with Crippen molar-refractivity contribution < 1.29 is 19.1 Å². The van der Waals surface area contributed by atoms with Gasteiger partial charge in [0.2, 0.25) is 5.95 Å². The smallest absolute Gasteiger partial charge is 0.337 e. The summed E-state index contributed by atoms with van der Waals surface area (Å²) in [5.74, 6) is -2.37. The van der Waals surface area contributed by atoms with E-state index in [1.165, 1.54) is 18.3 Å². The van der Waals surface area contributed by atoms with Gasteiger partial charge >= 0.3 is 5.97 Å². The lowest BCUT2D eigenvalue weighted by molar-refractivity contribution is 0.0696. The van der Waals surface area contributed by atoms with E-state index in [-0.39, 0.29) is 16.8 Å². The van der Waals surface area contributed by atoms with Crippen LogP contribution in [0.4, 0.5) is 10.1 Å². The SMILES string of the molecule is O=C(O)c1cncc(NC(=O)c2ccc(F)nc2)c1. The van der Waals surface area contributed by atoms with Crippen LogP contribution in [0.25, 0.3) is 0 Å². The summed E-state index contributed by atoms with van der Waals surface area (Å²) in [4.78, 5) is 29.5. The summed E-state index contributed by atoms with van der Waals surface area (Å²) in [5.41, 5.74) is 0.339. The number of hydrogen-bond acceptors (Lipinski definition) is 4. The van der Waals surface area contributed by atoms with E-state index in [0.717, 1.165) is 18.5 Å². The number of carboxylic acids is 1. The first-order chi connectivity index (χ1) is 9.06. The molecule has 7 heteroatoms. The first-order valence-corrected chi connectivity index (χ1v) is 5.17. The summed E-state index contributed by atoms with van der Waals surface area (Å²) in [5, 5.41) is 11.2. The maximum Gasteiger partial charge on any atom is 0.337 e. The summed E-state index contributed by atoms with van der Waals surface area (Å²) >= 11 is 0. The van der Waals surface area contributed by atoms with Crippen molar-refractivity contribution in [2.75, 3.05) is 5.32 Å². The van der Waals surface area contributed by atoms with Crippen LogP contribution in [0.2, 0.25) is 0 Å². The molecule has 0 aliphatic heterocycles. The maximum atomic E-state index is 12.6. The molecule has 0 aliphatic carbocycles. The Bertz CT molecular complexity index is 628. The number of aromatic carboxylic acids is 1. The highest BCUT2D eigenvalue weighted by Crippen LogP contribution is 2.10. The van der Waals surface area contributed by atoms with Crippen LogP contribution in [0.3, 0.4) is 0 Å². The molecule has 0 saturated heterocycles. The van der Waals surface area contributed by atoms with Gasteiger partial charge in [-0.1, -0.05) is 0 Å². The lowest BCUT2D eigenvalue weighted by Gasteiger charge is -2.05. The zero-order valence-corrected chi connectivity index (χ0v) is 9.50. The normalized spacial score (nSPS) is 9.95. The van der Waals surface area contributed by atoms with E-state index >= 15 is 0 Å². The van der Waals surface area contributed by atoms with Crippen molar-refractivity contribution in [1.82, 2.24) is 9.97 Å². The van der Waals surface area contributed by atoms with Crippen LogP contribution in [0.5, 0.6) is 0 Å². The Balaban J connectivity index is 2.17.